The molecule has 1 unspecified atom stereocenters. The normalized spacial score (nSPS) is 28.3. The van der Waals surface area contributed by atoms with Crippen LogP contribution in [-0.4, -0.2) is 65.5 Å². The van der Waals surface area contributed by atoms with E-state index in [4.69, 9.17) is 9.84 Å². The number of fused-ring (bicyclic) bond motifs is 1. The van der Waals surface area contributed by atoms with E-state index in [1.165, 1.54) is 19.4 Å². The van der Waals surface area contributed by atoms with Crippen LogP contribution in [0.5, 0.6) is 0 Å². The van der Waals surface area contributed by atoms with Gasteiger partial charge in [-0.2, -0.15) is 5.10 Å². The molecule has 1 aromatic rings. The molecule has 4 aliphatic heterocycles. The van der Waals surface area contributed by atoms with Crippen molar-refractivity contribution in [3.8, 4) is 0 Å². The lowest BCUT2D eigenvalue weighted by atomic mass is 9.80. The van der Waals surface area contributed by atoms with E-state index < -0.39 is 0 Å². The summed E-state index contributed by atoms with van der Waals surface area (Å²) in [6.07, 6.45) is 6.92. The van der Waals surface area contributed by atoms with Gasteiger partial charge in [0, 0.05) is 13.1 Å². The molecule has 1 atom stereocenters. The van der Waals surface area contributed by atoms with Crippen LogP contribution in [0.25, 0.3) is 0 Å². The van der Waals surface area contributed by atoms with Gasteiger partial charge in [-0.15, -0.1) is 0 Å². The number of ether oxygens (including phenoxy) is 1. The van der Waals surface area contributed by atoms with E-state index in [0.29, 0.717) is 12.3 Å². The van der Waals surface area contributed by atoms with E-state index in [-0.39, 0.29) is 11.5 Å². The predicted molar refractivity (Wildman–Crippen MR) is 106 cm³/mol. The van der Waals surface area contributed by atoms with E-state index in [0.717, 1.165) is 82.5 Å². The number of likely N-dealkylation sites (tertiary alicyclic amines) is 1. The number of amides is 1. The zero-order chi connectivity index (χ0) is 19.0. The molecule has 1 spiro atoms. The quantitative estimate of drug-likeness (QED) is 0.802. The number of nitrogens with one attached hydrogen (secondary N) is 2. The van der Waals surface area contributed by atoms with Gasteiger partial charge in [-0.1, -0.05) is 0 Å². The molecular formula is C21H33N5O2. The predicted octanol–water partition coefficient (Wildman–Crippen LogP) is 1.39. The van der Waals surface area contributed by atoms with Crippen molar-refractivity contribution < 1.29 is 9.53 Å². The van der Waals surface area contributed by atoms with Crippen LogP contribution in [0.3, 0.4) is 0 Å². The fourth-order valence-corrected chi connectivity index (χ4v) is 5.56. The Labute approximate surface area is 167 Å². The topological polar surface area (TPSA) is 71.4 Å². The third-order valence-electron chi connectivity index (χ3n) is 7.39. The molecular weight excluding hydrogens is 354 g/mol. The molecule has 7 heteroatoms. The van der Waals surface area contributed by atoms with E-state index >= 15 is 0 Å². The van der Waals surface area contributed by atoms with E-state index in [1.807, 2.05) is 15.6 Å². The number of carbonyl (C=O) groups is 1. The fraction of sp³-hybridized carbons (Fsp3) is 0.810. The number of carbonyl (C=O) groups excluding carboxylic acids is 1. The van der Waals surface area contributed by atoms with E-state index in [2.05, 4.69) is 10.6 Å². The minimum Gasteiger partial charge on any atom is -0.367 e. The van der Waals surface area contributed by atoms with Crippen molar-refractivity contribution in [2.75, 3.05) is 39.3 Å². The van der Waals surface area contributed by atoms with Crippen LogP contribution >= 0.6 is 0 Å². The minimum atomic E-state index is -0.100. The number of hydrogen-bond acceptors (Lipinski definition) is 5. The maximum absolute atomic E-state index is 13.1. The van der Waals surface area contributed by atoms with Crippen molar-refractivity contribution >= 4 is 5.91 Å². The first-order chi connectivity index (χ1) is 13.7. The number of aromatic nitrogens is 2. The van der Waals surface area contributed by atoms with E-state index in [1.54, 1.807) is 0 Å². The molecule has 154 valence electrons. The molecule has 0 aliphatic carbocycles. The number of hydrogen-bond donors (Lipinski definition) is 2. The van der Waals surface area contributed by atoms with Gasteiger partial charge in [-0.25, -0.2) is 0 Å². The molecule has 28 heavy (non-hydrogen) atoms. The largest absolute Gasteiger partial charge is 0.367 e. The number of nitrogens with zero attached hydrogens (tertiary/aromatic N) is 3. The molecule has 5 heterocycles. The van der Waals surface area contributed by atoms with Crippen LogP contribution in [-0.2, 0) is 17.9 Å². The van der Waals surface area contributed by atoms with Crippen molar-refractivity contribution in [2.24, 2.45) is 11.8 Å². The van der Waals surface area contributed by atoms with Crippen molar-refractivity contribution in [3.63, 3.8) is 0 Å². The Bertz CT molecular complexity index is 698. The van der Waals surface area contributed by atoms with Gasteiger partial charge in [-0.05, 0) is 82.6 Å². The Hall–Kier alpha value is -1.44. The zero-order valence-electron chi connectivity index (χ0n) is 16.8. The van der Waals surface area contributed by atoms with Crippen molar-refractivity contribution in [3.05, 3.63) is 17.5 Å². The highest BCUT2D eigenvalue weighted by atomic mass is 16.5. The summed E-state index contributed by atoms with van der Waals surface area (Å²) in [6.45, 7) is 7.39. The summed E-state index contributed by atoms with van der Waals surface area (Å²) < 4.78 is 8.25. The second-order valence-electron chi connectivity index (χ2n) is 9.14. The Morgan fingerprint density at radius 3 is 2.68 bits per heavy atom. The Morgan fingerprint density at radius 1 is 1.11 bits per heavy atom. The standard InChI is InChI=1S/C21H33N5O2/c27-20(25-10-3-16(4-11-25)17-2-1-7-23-13-17)19-12-18-14-28-21(15-26(18)24-19)5-8-22-9-6-21/h12,16-17,22-23H,1-11,13-15H2. The first-order valence-electron chi connectivity index (χ1n) is 11.1. The Morgan fingerprint density at radius 2 is 1.93 bits per heavy atom. The molecule has 1 aromatic heterocycles. The molecule has 0 aromatic carbocycles. The van der Waals surface area contributed by atoms with Gasteiger partial charge in [0.1, 0.15) is 0 Å². The van der Waals surface area contributed by atoms with Crippen LogP contribution in [0.4, 0.5) is 0 Å². The van der Waals surface area contributed by atoms with Gasteiger partial charge in [0.05, 0.1) is 24.4 Å². The summed E-state index contributed by atoms with van der Waals surface area (Å²) in [6, 6.07) is 1.95. The SMILES string of the molecule is O=C(c1cc2n(n1)CC1(CCNCC1)OC2)N1CCC(C2CCCNC2)CC1. The average molecular weight is 388 g/mol. The third kappa shape index (κ3) is 3.60. The first kappa shape index (κ1) is 18.6. The first-order valence-corrected chi connectivity index (χ1v) is 11.1. The summed E-state index contributed by atoms with van der Waals surface area (Å²) in [5.74, 6) is 1.66. The second-order valence-corrected chi connectivity index (χ2v) is 9.14. The van der Waals surface area contributed by atoms with Crippen molar-refractivity contribution in [2.45, 2.75) is 57.3 Å². The zero-order valence-corrected chi connectivity index (χ0v) is 16.8. The summed E-state index contributed by atoms with van der Waals surface area (Å²) >= 11 is 0. The summed E-state index contributed by atoms with van der Waals surface area (Å²) in [7, 11) is 0. The van der Waals surface area contributed by atoms with Gasteiger partial charge in [0.25, 0.3) is 5.91 Å². The molecule has 2 N–H and O–H groups in total. The number of rotatable bonds is 2. The Balaban J connectivity index is 1.21. The van der Waals surface area contributed by atoms with Crippen LogP contribution < -0.4 is 10.6 Å². The molecule has 0 radical (unpaired) electrons. The number of piperidine rings is 3. The van der Waals surface area contributed by atoms with Gasteiger partial charge in [-0.3, -0.25) is 9.48 Å². The summed E-state index contributed by atoms with van der Waals surface area (Å²) in [5, 5.41) is 11.6. The maximum atomic E-state index is 13.1. The smallest absolute Gasteiger partial charge is 0.274 e. The van der Waals surface area contributed by atoms with Gasteiger partial charge >= 0.3 is 0 Å². The molecule has 3 saturated heterocycles. The van der Waals surface area contributed by atoms with Crippen molar-refractivity contribution in [1.82, 2.24) is 25.3 Å². The maximum Gasteiger partial charge on any atom is 0.274 e. The fourth-order valence-electron chi connectivity index (χ4n) is 5.56. The van der Waals surface area contributed by atoms with Gasteiger partial charge in [0.2, 0.25) is 0 Å². The lowest BCUT2D eigenvalue weighted by Gasteiger charge is -2.40. The molecule has 5 rings (SSSR count). The lowest BCUT2D eigenvalue weighted by molar-refractivity contribution is -0.109. The molecule has 3 fully saturated rings. The van der Waals surface area contributed by atoms with Crippen molar-refractivity contribution in [1.29, 1.82) is 0 Å². The molecule has 1 amide bonds. The molecule has 7 nitrogen and oxygen atoms in total. The summed E-state index contributed by atoms with van der Waals surface area (Å²) in [5.41, 5.74) is 1.54. The molecule has 0 bridgehead atoms. The monoisotopic (exact) mass is 387 g/mol. The van der Waals surface area contributed by atoms with Gasteiger partial charge < -0.3 is 20.3 Å². The second kappa shape index (κ2) is 7.76. The Kier molecular flexibility index (Phi) is 5.15. The highest BCUT2D eigenvalue weighted by Gasteiger charge is 2.38. The van der Waals surface area contributed by atoms with Crippen LogP contribution in [0.15, 0.2) is 6.07 Å². The van der Waals surface area contributed by atoms with Crippen LogP contribution in [0, 0.1) is 11.8 Å². The lowest BCUT2D eigenvalue weighted by Crippen LogP contribution is -2.49. The summed E-state index contributed by atoms with van der Waals surface area (Å²) in [4.78, 5) is 15.1. The van der Waals surface area contributed by atoms with Gasteiger partial charge in [0.15, 0.2) is 5.69 Å². The van der Waals surface area contributed by atoms with E-state index in [9.17, 15) is 4.79 Å². The minimum absolute atomic E-state index is 0.0986. The van der Waals surface area contributed by atoms with Crippen LogP contribution in [0.2, 0.25) is 0 Å². The average Bonchev–Trinajstić information content (AvgIpc) is 3.17. The molecule has 4 aliphatic rings. The highest BCUT2D eigenvalue weighted by Crippen LogP contribution is 2.32. The molecule has 0 saturated carbocycles. The highest BCUT2D eigenvalue weighted by molar-refractivity contribution is 5.92. The third-order valence-corrected chi connectivity index (χ3v) is 7.39. The van der Waals surface area contributed by atoms with Crippen LogP contribution in [0.1, 0.15) is 54.7 Å².